The molecule has 0 aliphatic rings. The van der Waals surface area contributed by atoms with E-state index in [-0.39, 0.29) is 5.56 Å². The molecule has 0 radical (unpaired) electrons. The van der Waals surface area contributed by atoms with Crippen molar-refractivity contribution in [2.75, 3.05) is 0 Å². The van der Waals surface area contributed by atoms with Crippen molar-refractivity contribution in [2.45, 2.75) is 34.6 Å². The summed E-state index contributed by atoms with van der Waals surface area (Å²) in [4.78, 5) is 0. The standard InChI is InChI=1S/C41H29F5N2/c1-20-6-10-25-26-11-7-21(2)15-31(26)47(30(25)14-20)34-18-24(5)29(36-37(42)39(44)41(46)40(45)38(36)43)19-35(34)48-32-16-22(3)8-12-27(32)28-13-9-23(4)17-33(28)48/h6-19H,1-5H3. The van der Waals surface area contributed by atoms with E-state index in [1.165, 1.54) is 0 Å². The molecule has 6 aromatic carbocycles. The molecule has 0 saturated carbocycles. The first-order valence-corrected chi connectivity index (χ1v) is 15.6. The van der Waals surface area contributed by atoms with E-state index < -0.39 is 34.6 Å². The molecule has 0 aliphatic carbocycles. The summed E-state index contributed by atoms with van der Waals surface area (Å²) in [6.45, 7) is 9.64. The molecule has 0 N–H and O–H groups in total. The Balaban J connectivity index is 1.61. The number of hydrogen-bond acceptors (Lipinski definition) is 0. The first kappa shape index (κ1) is 29.9. The highest BCUT2D eigenvalue weighted by atomic mass is 19.2. The highest BCUT2D eigenvalue weighted by Gasteiger charge is 2.29. The van der Waals surface area contributed by atoms with E-state index in [0.717, 1.165) is 65.9 Å². The van der Waals surface area contributed by atoms with Crippen LogP contribution in [0.15, 0.2) is 84.9 Å². The zero-order valence-corrected chi connectivity index (χ0v) is 26.9. The van der Waals surface area contributed by atoms with Gasteiger partial charge in [0.25, 0.3) is 0 Å². The number of aromatic nitrogens is 2. The molecule has 0 amide bonds. The topological polar surface area (TPSA) is 9.86 Å². The van der Waals surface area contributed by atoms with Crippen LogP contribution in [0.1, 0.15) is 27.8 Å². The average molecular weight is 645 g/mol. The second-order valence-electron chi connectivity index (χ2n) is 12.9. The molecule has 0 spiro atoms. The second kappa shape index (κ2) is 10.5. The van der Waals surface area contributed by atoms with Gasteiger partial charge < -0.3 is 9.13 Å². The van der Waals surface area contributed by atoms with Gasteiger partial charge in [-0.05, 0) is 104 Å². The molecule has 0 fully saturated rings. The molecule has 0 unspecified atom stereocenters. The largest absolute Gasteiger partial charge is 0.307 e. The number of benzene rings is 6. The van der Waals surface area contributed by atoms with E-state index in [2.05, 4.69) is 41.0 Å². The molecule has 0 saturated heterocycles. The van der Waals surface area contributed by atoms with Crippen molar-refractivity contribution < 1.29 is 22.0 Å². The summed E-state index contributed by atoms with van der Waals surface area (Å²) >= 11 is 0. The fourth-order valence-electron chi connectivity index (χ4n) is 7.15. The van der Waals surface area contributed by atoms with Gasteiger partial charge in [-0.15, -0.1) is 0 Å². The fourth-order valence-corrected chi connectivity index (χ4v) is 7.15. The normalized spacial score (nSPS) is 12.0. The summed E-state index contributed by atoms with van der Waals surface area (Å²) in [5.74, 6) is -9.89. The highest BCUT2D eigenvalue weighted by Crippen LogP contribution is 2.43. The van der Waals surface area contributed by atoms with Crippen LogP contribution in [0.4, 0.5) is 22.0 Å². The summed E-state index contributed by atoms with van der Waals surface area (Å²) in [6.07, 6.45) is 0. The summed E-state index contributed by atoms with van der Waals surface area (Å²) in [5.41, 5.74) is 8.14. The average Bonchev–Trinajstić information content (AvgIpc) is 3.53. The van der Waals surface area contributed by atoms with Crippen LogP contribution in [-0.2, 0) is 0 Å². The quantitative estimate of drug-likeness (QED) is 0.103. The van der Waals surface area contributed by atoms with Crippen molar-refractivity contribution in [3.8, 4) is 22.5 Å². The highest BCUT2D eigenvalue weighted by molar-refractivity contribution is 6.12. The van der Waals surface area contributed by atoms with Gasteiger partial charge in [-0.1, -0.05) is 48.5 Å². The second-order valence-corrected chi connectivity index (χ2v) is 12.9. The van der Waals surface area contributed by atoms with E-state index in [1.807, 2.05) is 68.7 Å². The van der Waals surface area contributed by atoms with Gasteiger partial charge in [-0.2, -0.15) is 0 Å². The summed E-state index contributed by atoms with van der Waals surface area (Å²) < 4.78 is 78.7. The Morgan fingerprint density at radius 1 is 0.375 bits per heavy atom. The van der Waals surface area contributed by atoms with Gasteiger partial charge in [-0.3, -0.25) is 0 Å². The maximum absolute atomic E-state index is 15.5. The Kier molecular flexibility index (Phi) is 6.57. The van der Waals surface area contributed by atoms with Crippen LogP contribution in [0.3, 0.4) is 0 Å². The van der Waals surface area contributed by atoms with Crippen molar-refractivity contribution in [3.63, 3.8) is 0 Å². The van der Waals surface area contributed by atoms with Crippen LogP contribution in [0.25, 0.3) is 66.1 Å². The molecule has 0 bridgehead atoms. The van der Waals surface area contributed by atoms with Crippen LogP contribution in [-0.4, -0.2) is 9.13 Å². The van der Waals surface area contributed by atoms with Crippen LogP contribution in [0, 0.1) is 63.7 Å². The van der Waals surface area contributed by atoms with Gasteiger partial charge in [0.2, 0.25) is 5.82 Å². The molecule has 2 nitrogen and oxygen atoms in total. The monoisotopic (exact) mass is 644 g/mol. The molecule has 2 heterocycles. The molecule has 8 aromatic rings. The maximum atomic E-state index is 15.5. The third-order valence-corrected chi connectivity index (χ3v) is 9.44. The summed E-state index contributed by atoms with van der Waals surface area (Å²) in [6, 6.07) is 28.1. The van der Waals surface area contributed by atoms with Crippen molar-refractivity contribution >= 4 is 43.6 Å². The number of nitrogens with zero attached hydrogens (tertiary/aromatic N) is 2. The van der Waals surface area contributed by atoms with E-state index in [9.17, 15) is 13.2 Å². The summed E-state index contributed by atoms with van der Waals surface area (Å²) in [5, 5.41) is 3.98. The Bertz CT molecular complexity index is 2530. The first-order valence-electron chi connectivity index (χ1n) is 15.6. The number of fused-ring (bicyclic) bond motifs is 6. The molecule has 0 aliphatic heterocycles. The van der Waals surface area contributed by atoms with E-state index >= 15 is 8.78 Å². The Morgan fingerprint density at radius 3 is 1.04 bits per heavy atom. The molecular formula is C41H29F5N2. The minimum atomic E-state index is -2.19. The molecule has 7 heteroatoms. The lowest BCUT2D eigenvalue weighted by Gasteiger charge is -2.21. The molecule has 0 atom stereocenters. The third kappa shape index (κ3) is 4.23. The third-order valence-electron chi connectivity index (χ3n) is 9.44. The predicted molar refractivity (Wildman–Crippen MR) is 184 cm³/mol. The van der Waals surface area contributed by atoms with Crippen LogP contribution < -0.4 is 0 Å². The minimum Gasteiger partial charge on any atom is -0.307 e. The molecule has 2 aromatic heterocycles. The van der Waals surface area contributed by atoms with Crippen molar-refractivity contribution in [1.29, 1.82) is 0 Å². The number of hydrogen-bond donors (Lipinski definition) is 0. The lowest BCUT2D eigenvalue weighted by Crippen LogP contribution is -2.08. The van der Waals surface area contributed by atoms with Crippen LogP contribution in [0.5, 0.6) is 0 Å². The minimum absolute atomic E-state index is 0.0926. The zero-order chi connectivity index (χ0) is 33.8. The number of halogens is 5. The Morgan fingerprint density at radius 2 is 0.688 bits per heavy atom. The smallest absolute Gasteiger partial charge is 0.200 e. The Hall–Kier alpha value is -5.43. The van der Waals surface area contributed by atoms with Gasteiger partial charge in [0.05, 0.1) is 39.0 Å². The van der Waals surface area contributed by atoms with E-state index in [1.54, 1.807) is 19.1 Å². The SMILES string of the molecule is Cc1ccc2c3ccc(C)cc3n(-c3cc(C)c(-c4c(F)c(F)c(F)c(F)c4F)cc3-n3c4cc(C)ccc4c4ccc(C)cc43)c2c1. The van der Waals surface area contributed by atoms with Crippen molar-refractivity contribution in [3.05, 3.63) is 142 Å². The number of aryl methyl sites for hydroxylation is 5. The van der Waals surface area contributed by atoms with Crippen molar-refractivity contribution in [2.24, 2.45) is 0 Å². The summed E-state index contributed by atoms with van der Waals surface area (Å²) in [7, 11) is 0. The predicted octanol–water partition coefficient (Wildman–Crippen LogP) is 11.8. The van der Waals surface area contributed by atoms with Crippen LogP contribution in [0.2, 0.25) is 0 Å². The molecular weight excluding hydrogens is 615 g/mol. The van der Waals surface area contributed by atoms with Gasteiger partial charge in [0.15, 0.2) is 23.3 Å². The van der Waals surface area contributed by atoms with Crippen molar-refractivity contribution in [1.82, 2.24) is 9.13 Å². The fraction of sp³-hybridized carbons (Fsp3) is 0.122. The first-order chi connectivity index (χ1) is 22.9. The van der Waals surface area contributed by atoms with E-state index in [4.69, 9.17) is 0 Å². The van der Waals surface area contributed by atoms with Crippen LogP contribution >= 0.6 is 0 Å². The molecule has 8 rings (SSSR count). The lowest BCUT2D eigenvalue weighted by molar-refractivity contribution is 0.381. The van der Waals surface area contributed by atoms with Gasteiger partial charge in [0.1, 0.15) is 0 Å². The maximum Gasteiger partial charge on any atom is 0.200 e. The zero-order valence-electron chi connectivity index (χ0n) is 26.9. The number of rotatable bonds is 3. The van der Waals surface area contributed by atoms with Gasteiger partial charge in [-0.25, -0.2) is 22.0 Å². The molecule has 48 heavy (non-hydrogen) atoms. The lowest BCUT2D eigenvalue weighted by atomic mass is 9.96. The van der Waals surface area contributed by atoms with E-state index in [0.29, 0.717) is 16.9 Å². The Labute approximate surface area is 273 Å². The molecule has 238 valence electrons. The van der Waals surface area contributed by atoms with Gasteiger partial charge >= 0.3 is 0 Å². The van der Waals surface area contributed by atoms with Gasteiger partial charge in [0, 0.05) is 21.5 Å².